The van der Waals surface area contributed by atoms with Gasteiger partial charge in [-0.3, -0.25) is 9.67 Å². The molecule has 152 valence electrons. The molecule has 0 aliphatic carbocycles. The van der Waals surface area contributed by atoms with Crippen molar-refractivity contribution in [3.63, 3.8) is 0 Å². The number of fused-ring (bicyclic) bond motifs is 1. The molecule has 0 unspecified atom stereocenters. The lowest BCUT2D eigenvalue weighted by molar-refractivity contribution is 0.625. The van der Waals surface area contributed by atoms with Crippen LogP contribution < -0.4 is 10.6 Å². The summed E-state index contributed by atoms with van der Waals surface area (Å²) in [6, 6.07) is 8.23. The maximum atomic E-state index is 13.3. The third kappa shape index (κ3) is 4.52. The first-order valence-corrected chi connectivity index (χ1v) is 9.96. The average Bonchev–Trinajstić information content (AvgIpc) is 3.19. The Kier molecular flexibility index (Phi) is 5.82. The van der Waals surface area contributed by atoms with Crippen LogP contribution >= 0.6 is 23.8 Å². The van der Waals surface area contributed by atoms with E-state index in [0.717, 1.165) is 17.7 Å². The van der Waals surface area contributed by atoms with Gasteiger partial charge < -0.3 is 10.6 Å². The molecule has 0 saturated carbocycles. The molecule has 0 radical (unpaired) electrons. The number of nitrogens with zero attached hydrogens (tertiary/aromatic N) is 5. The second-order valence-corrected chi connectivity index (χ2v) is 7.27. The normalized spacial score (nSPS) is 10.9. The lowest BCUT2D eigenvalue weighted by Gasteiger charge is -2.08. The predicted molar refractivity (Wildman–Crippen MR) is 119 cm³/mol. The van der Waals surface area contributed by atoms with Gasteiger partial charge in [-0.15, -0.1) is 0 Å². The first kappa shape index (κ1) is 20.1. The van der Waals surface area contributed by atoms with Crippen LogP contribution in [0.15, 0.2) is 48.9 Å². The highest BCUT2D eigenvalue weighted by Gasteiger charge is 2.09. The quantitative estimate of drug-likeness (QED) is 0.452. The standard InChI is InChI=1S/C20H17ClFN7S/c1-2-23-20(30)28-18-6-5-16-19(27-18)26-17(9-24-16)13-8-25-29(11-13)10-12-3-4-15(22)14(21)7-12/h3-9,11H,2,10H2,1H3,(H2,23,26,27,28,30). The van der Waals surface area contributed by atoms with Crippen molar-refractivity contribution in [3.05, 3.63) is 65.3 Å². The highest BCUT2D eigenvalue weighted by Crippen LogP contribution is 2.20. The fraction of sp³-hybridized carbons (Fsp3) is 0.150. The predicted octanol–water partition coefficient (Wildman–Crippen LogP) is 4.04. The molecule has 0 aliphatic rings. The summed E-state index contributed by atoms with van der Waals surface area (Å²) in [6.07, 6.45) is 5.22. The molecule has 1 aromatic carbocycles. The van der Waals surface area contributed by atoms with Gasteiger partial charge in [-0.1, -0.05) is 17.7 Å². The molecule has 3 heterocycles. The van der Waals surface area contributed by atoms with Crippen LogP contribution in [0.3, 0.4) is 0 Å². The van der Waals surface area contributed by atoms with Gasteiger partial charge >= 0.3 is 0 Å². The summed E-state index contributed by atoms with van der Waals surface area (Å²) < 4.78 is 15.1. The van der Waals surface area contributed by atoms with Gasteiger partial charge in [0.15, 0.2) is 10.8 Å². The molecule has 0 atom stereocenters. The van der Waals surface area contributed by atoms with Crippen molar-refractivity contribution in [1.82, 2.24) is 30.0 Å². The van der Waals surface area contributed by atoms with Gasteiger partial charge in [0, 0.05) is 18.3 Å². The van der Waals surface area contributed by atoms with Gasteiger partial charge in [0.05, 0.1) is 29.7 Å². The second-order valence-electron chi connectivity index (χ2n) is 6.45. The van der Waals surface area contributed by atoms with E-state index in [4.69, 9.17) is 23.8 Å². The number of anilines is 1. The summed E-state index contributed by atoms with van der Waals surface area (Å²) in [4.78, 5) is 13.5. The van der Waals surface area contributed by atoms with Crippen molar-refractivity contribution in [3.8, 4) is 11.3 Å². The highest BCUT2D eigenvalue weighted by atomic mass is 35.5. The topological polar surface area (TPSA) is 80.5 Å². The number of thiocarbonyl (C=S) groups is 1. The Balaban J connectivity index is 1.56. The average molecular weight is 442 g/mol. The minimum Gasteiger partial charge on any atom is -0.363 e. The van der Waals surface area contributed by atoms with Gasteiger partial charge in [-0.2, -0.15) is 5.10 Å². The largest absolute Gasteiger partial charge is 0.363 e. The van der Waals surface area contributed by atoms with E-state index in [0.29, 0.717) is 34.3 Å². The highest BCUT2D eigenvalue weighted by molar-refractivity contribution is 7.80. The van der Waals surface area contributed by atoms with Crippen molar-refractivity contribution < 1.29 is 4.39 Å². The maximum absolute atomic E-state index is 13.3. The molecular formula is C20H17ClFN7S. The van der Waals surface area contributed by atoms with E-state index in [1.807, 2.05) is 19.2 Å². The number of aromatic nitrogens is 5. The molecule has 0 fully saturated rings. The minimum atomic E-state index is -0.444. The smallest absolute Gasteiger partial charge is 0.180 e. The molecule has 7 nitrogen and oxygen atoms in total. The Morgan fingerprint density at radius 3 is 2.87 bits per heavy atom. The summed E-state index contributed by atoms with van der Waals surface area (Å²) >= 11 is 11.0. The molecule has 0 bridgehead atoms. The molecule has 2 N–H and O–H groups in total. The number of pyridine rings is 1. The van der Waals surface area contributed by atoms with E-state index in [1.54, 1.807) is 35.3 Å². The number of benzene rings is 1. The molecule has 3 aromatic heterocycles. The third-order valence-corrected chi connectivity index (χ3v) is 4.78. The fourth-order valence-electron chi connectivity index (χ4n) is 2.83. The molecule has 0 saturated heterocycles. The van der Waals surface area contributed by atoms with Gasteiger partial charge in [-0.25, -0.2) is 14.4 Å². The van der Waals surface area contributed by atoms with Gasteiger partial charge in [0.25, 0.3) is 0 Å². The molecule has 0 amide bonds. The zero-order chi connectivity index (χ0) is 21.1. The van der Waals surface area contributed by atoms with Crippen molar-refractivity contribution in [2.75, 3.05) is 11.9 Å². The van der Waals surface area contributed by atoms with Crippen LogP contribution in [0.25, 0.3) is 22.4 Å². The third-order valence-electron chi connectivity index (χ3n) is 4.24. The summed E-state index contributed by atoms with van der Waals surface area (Å²) in [5, 5.41) is 11.0. The van der Waals surface area contributed by atoms with Gasteiger partial charge in [0.1, 0.15) is 17.2 Å². The molecule has 4 rings (SSSR count). The van der Waals surface area contributed by atoms with Crippen LogP contribution in [0.1, 0.15) is 12.5 Å². The Labute approximate surface area is 182 Å². The van der Waals surface area contributed by atoms with Crippen LogP contribution in [-0.4, -0.2) is 36.4 Å². The lowest BCUT2D eigenvalue weighted by Crippen LogP contribution is -2.28. The number of nitrogens with one attached hydrogen (secondary N) is 2. The van der Waals surface area contributed by atoms with E-state index >= 15 is 0 Å². The maximum Gasteiger partial charge on any atom is 0.180 e. The van der Waals surface area contributed by atoms with Crippen LogP contribution in [0.5, 0.6) is 0 Å². The molecule has 0 aliphatic heterocycles. The number of hydrogen-bond acceptors (Lipinski definition) is 5. The number of rotatable bonds is 5. The summed E-state index contributed by atoms with van der Waals surface area (Å²) in [5.74, 6) is 0.143. The van der Waals surface area contributed by atoms with E-state index in [-0.39, 0.29) is 5.02 Å². The fourth-order valence-corrected chi connectivity index (χ4v) is 3.29. The molecule has 0 spiro atoms. The Morgan fingerprint density at radius 2 is 2.07 bits per heavy atom. The zero-order valence-corrected chi connectivity index (χ0v) is 17.5. The van der Waals surface area contributed by atoms with E-state index in [2.05, 4.69) is 30.7 Å². The first-order chi connectivity index (χ1) is 14.5. The molecule has 10 heteroatoms. The lowest BCUT2D eigenvalue weighted by atomic mass is 10.2. The van der Waals surface area contributed by atoms with E-state index in [9.17, 15) is 4.39 Å². The molecule has 30 heavy (non-hydrogen) atoms. The monoisotopic (exact) mass is 441 g/mol. The van der Waals surface area contributed by atoms with Crippen molar-refractivity contribution in [1.29, 1.82) is 0 Å². The van der Waals surface area contributed by atoms with E-state index < -0.39 is 5.82 Å². The zero-order valence-electron chi connectivity index (χ0n) is 15.9. The summed E-state index contributed by atoms with van der Waals surface area (Å²) in [7, 11) is 0. The van der Waals surface area contributed by atoms with Crippen LogP contribution in [0.4, 0.5) is 10.2 Å². The van der Waals surface area contributed by atoms with Gasteiger partial charge in [0.2, 0.25) is 0 Å². The SMILES string of the molecule is CCNC(=S)Nc1ccc2ncc(-c3cnn(Cc4ccc(F)c(Cl)c4)c3)nc2n1. The first-order valence-electron chi connectivity index (χ1n) is 9.17. The summed E-state index contributed by atoms with van der Waals surface area (Å²) in [5.41, 5.74) is 3.45. The molecule has 4 aromatic rings. The van der Waals surface area contributed by atoms with Crippen LogP contribution in [-0.2, 0) is 6.54 Å². The Bertz CT molecular complexity index is 1230. The number of hydrogen-bond donors (Lipinski definition) is 2. The van der Waals surface area contributed by atoms with Crippen LogP contribution in [0, 0.1) is 5.82 Å². The van der Waals surface area contributed by atoms with Crippen molar-refractivity contribution in [2.24, 2.45) is 0 Å². The van der Waals surface area contributed by atoms with Gasteiger partial charge in [-0.05, 0) is 49.0 Å². The van der Waals surface area contributed by atoms with Crippen LogP contribution in [0.2, 0.25) is 5.02 Å². The van der Waals surface area contributed by atoms with Crippen molar-refractivity contribution >= 4 is 45.9 Å². The second kappa shape index (κ2) is 8.68. The van der Waals surface area contributed by atoms with Crippen molar-refractivity contribution in [2.45, 2.75) is 13.5 Å². The Morgan fingerprint density at radius 1 is 1.20 bits per heavy atom. The Hall–Kier alpha value is -3.17. The molecular weight excluding hydrogens is 425 g/mol. The summed E-state index contributed by atoms with van der Waals surface area (Å²) in [6.45, 7) is 3.14. The minimum absolute atomic E-state index is 0.0874. The van der Waals surface area contributed by atoms with E-state index in [1.165, 1.54) is 6.07 Å². The number of halogens is 2.